The summed E-state index contributed by atoms with van der Waals surface area (Å²) in [5.74, 6) is -0.518. The molecule has 16 heteroatoms. The van der Waals surface area contributed by atoms with Crippen LogP contribution in [0.15, 0.2) is 38.8 Å². The van der Waals surface area contributed by atoms with Gasteiger partial charge in [-0.15, -0.1) is 0 Å². The fourth-order valence-corrected chi connectivity index (χ4v) is 6.83. The Hall–Kier alpha value is -2.91. The third kappa shape index (κ3) is 7.26. The van der Waals surface area contributed by atoms with E-state index < -0.39 is 49.8 Å². The third-order valence-electron chi connectivity index (χ3n) is 7.32. The van der Waals surface area contributed by atoms with Crippen molar-refractivity contribution in [2.24, 2.45) is 5.73 Å². The number of nitrogens with two attached hydrogens (primary N) is 1. The largest absolute Gasteiger partial charge is 0.416 e. The van der Waals surface area contributed by atoms with Gasteiger partial charge in [-0.25, -0.2) is 13.2 Å². The first kappa shape index (κ1) is 33.0. The lowest BCUT2D eigenvalue weighted by molar-refractivity contribution is -0.138. The van der Waals surface area contributed by atoms with Crippen LogP contribution in [0, 0.1) is 0 Å². The summed E-state index contributed by atoms with van der Waals surface area (Å²) in [5, 5.41) is 2.05. The summed E-state index contributed by atoms with van der Waals surface area (Å²) < 4.78 is 68.9. The Kier molecular flexibility index (Phi) is 9.96. The topological polar surface area (TPSA) is 147 Å². The van der Waals surface area contributed by atoms with Crippen LogP contribution in [0.5, 0.6) is 0 Å². The zero-order valence-electron chi connectivity index (χ0n) is 23.1. The molecule has 4 rings (SSSR count). The van der Waals surface area contributed by atoms with E-state index >= 15 is 0 Å². The molecule has 0 saturated carbocycles. The highest BCUT2D eigenvalue weighted by Gasteiger charge is 2.37. The zero-order chi connectivity index (χ0) is 31.7. The molecule has 1 atom stereocenters. The lowest BCUT2D eigenvalue weighted by Crippen LogP contribution is -2.47. The molecule has 43 heavy (non-hydrogen) atoms. The highest BCUT2D eigenvalue weighted by molar-refractivity contribution is 7.91. The maximum atomic E-state index is 14.4. The van der Waals surface area contributed by atoms with Crippen molar-refractivity contribution in [2.45, 2.75) is 56.4 Å². The van der Waals surface area contributed by atoms with Gasteiger partial charge in [-0.05, 0) is 54.8 Å². The smallest absolute Gasteiger partial charge is 0.352 e. The maximum absolute atomic E-state index is 14.4. The van der Waals surface area contributed by atoms with Gasteiger partial charge in [0.2, 0.25) is 5.91 Å². The standard InChI is InChI=1S/C27H30Cl2F3N5O5S/c1-2-43(41,42)21-6-5-16(28)10-15(21)12-37-25(39)18-11-20(27(30,31)32)19(23(29)24(18)35-26(37)40)14-36-9-3-4-17(13-36)34-22(38)7-8-33/h5-6,10-11,17H,2-4,7-9,12-14,33H2,1H3,(H,34,38)(H,35,40)/t17-/m0/s1. The second kappa shape index (κ2) is 13.0. The number of aromatic amines is 1. The predicted molar refractivity (Wildman–Crippen MR) is 157 cm³/mol. The summed E-state index contributed by atoms with van der Waals surface area (Å²) >= 11 is 12.5. The van der Waals surface area contributed by atoms with Gasteiger partial charge in [0.15, 0.2) is 9.84 Å². The van der Waals surface area contributed by atoms with Crippen molar-refractivity contribution in [3.8, 4) is 0 Å². The molecule has 1 fully saturated rings. The summed E-state index contributed by atoms with van der Waals surface area (Å²) in [6.45, 7) is 1.48. The molecule has 0 aliphatic carbocycles. The molecule has 1 aromatic heterocycles. The van der Waals surface area contributed by atoms with Crippen molar-refractivity contribution in [1.82, 2.24) is 19.8 Å². The normalized spacial score (nSPS) is 16.5. The lowest BCUT2D eigenvalue weighted by atomic mass is 10.00. The molecule has 2 aromatic carbocycles. The average molecular weight is 665 g/mol. The number of carbonyl (C=O) groups excluding carboxylic acids is 1. The van der Waals surface area contributed by atoms with Gasteiger partial charge in [0, 0.05) is 37.1 Å². The van der Waals surface area contributed by atoms with Crippen LogP contribution in [0.2, 0.25) is 10.0 Å². The highest BCUT2D eigenvalue weighted by atomic mass is 35.5. The molecule has 2 heterocycles. The summed E-state index contributed by atoms with van der Waals surface area (Å²) in [7, 11) is -3.79. The fourth-order valence-electron chi connectivity index (χ4n) is 5.22. The Morgan fingerprint density at radius 2 is 1.91 bits per heavy atom. The molecule has 0 unspecified atom stereocenters. The Bertz CT molecular complexity index is 1780. The van der Waals surface area contributed by atoms with Crippen molar-refractivity contribution in [3.05, 3.63) is 71.8 Å². The number of piperidine rings is 1. The van der Waals surface area contributed by atoms with Crippen LogP contribution in [0.4, 0.5) is 13.2 Å². The number of benzene rings is 2. The average Bonchev–Trinajstić information content (AvgIpc) is 2.92. The predicted octanol–water partition coefficient (Wildman–Crippen LogP) is 3.29. The highest BCUT2D eigenvalue weighted by Crippen LogP contribution is 2.39. The van der Waals surface area contributed by atoms with Crippen LogP contribution >= 0.6 is 23.2 Å². The van der Waals surface area contributed by atoms with E-state index in [1.807, 2.05) is 0 Å². The van der Waals surface area contributed by atoms with Crippen LogP contribution in [0.3, 0.4) is 0 Å². The van der Waals surface area contributed by atoms with E-state index in [4.69, 9.17) is 28.9 Å². The Balaban J connectivity index is 1.78. The van der Waals surface area contributed by atoms with Crippen molar-refractivity contribution >= 4 is 49.8 Å². The van der Waals surface area contributed by atoms with E-state index in [0.717, 1.165) is 0 Å². The van der Waals surface area contributed by atoms with Crippen LogP contribution < -0.4 is 22.3 Å². The molecule has 1 aliphatic rings. The summed E-state index contributed by atoms with van der Waals surface area (Å²) in [4.78, 5) is 42.5. The van der Waals surface area contributed by atoms with Crippen LogP contribution in [0.1, 0.15) is 42.9 Å². The van der Waals surface area contributed by atoms with Gasteiger partial charge in [0.25, 0.3) is 5.56 Å². The minimum absolute atomic E-state index is 0.0262. The number of carbonyl (C=O) groups is 1. The van der Waals surface area contributed by atoms with Crippen LogP contribution in [-0.4, -0.2) is 60.2 Å². The molecule has 3 aromatic rings. The number of hydrogen-bond donors (Lipinski definition) is 3. The maximum Gasteiger partial charge on any atom is 0.416 e. The summed E-state index contributed by atoms with van der Waals surface area (Å²) in [6.07, 6.45) is -3.52. The first-order chi connectivity index (χ1) is 20.2. The zero-order valence-corrected chi connectivity index (χ0v) is 25.4. The van der Waals surface area contributed by atoms with Crippen molar-refractivity contribution in [2.75, 3.05) is 25.4 Å². The number of amides is 1. The minimum Gasteiger partial charge on any atom is -0.352 e. The molecule has 1 aliphatic heterocycles. The number of fused-ring (bicyclic) bond motifs is 1. The van der Waals surface area contributed by atoms with Crippen molar-refractivity contribution in [3.63, 3.8) is 0 Å². The number of hydrogen-bond acceptors (Lipinski definition) is 7. The molecular formula is C27H30Cl2F3N5O5S. The number of H-pyrrole nitrogens is 1. The third-order valence-corrected chi connectivity index (χ3v) is 9.80. The fraction of sp³-hybridized carbons (Fsp3) is 0.444. The summed E-state index contributed by atoms with van der Waals surface area (Å²) in [5.41, 5.74) is 1.62. The number of alkyl halides is 3. The van der Waals surface area contributed by atoms with E-state index in [0.29, 0.717) is 30.0 Å². The number of likely N-dealkylation sites (tertiary alicyclic amines) is 1. The molecule has 1 amide bonds. The van der Waals surface area contributed by atoms with Crippen molar-refractivity contribution < 1.29 is 26.4 Å². The van der Waals surface area contributed by atoms with E-state index in [-0.39, 0.29) is 70.3 Å². The quantitative estimate of drug-likeness (QED) is 0.318. The molecule has 0 spiro atoms. The van der Waals surface area contributed by atoms with Gasteiger partial charge >= 0.3 is 11.9 Å². The van der Waals surface area contributed by atoms with E-state index in [1.165, 1.54) is 25.1 Å². The molecule has 4 N–H and O–H groups in total. The second-order valence-corrected chi connectivity index (χ2v) is 13.4. The Morgan fingerprint density at radius 1 is 1.19 bits per heavy atom. The van der Waals surface area contributed by atoms with Crippen LogP contribution in [0.25, 0.3) is 10.9 Å². The molecule has 10 nitrogen and oxygen atoms in total. The lowest BCUT2D eigenvalue weighted by Gasteiger charge is -2.34. The molecule has 0 radical (unpaired) electrons. The van der Waals surface area contributed by atoms with E-state index in [2.05, 4.69) is 10.3 Å². The Labute approximate surface area is 254 Å². The van der Waals surface area contributed by atoms with E-state index in [9.17, 15) is 36.0 Å². The van der Waals surface area contributed by atoms with E-state index in [1.54, 1.807) is 4.90 Å². The monoisotopic (exact) mass is 663 g/mol. The summed E-state index contributed by atoms with van der Waals surface area (Å²) in [6, 6.07) is 4.23. The SMILES string of the molecule is CCS(=O)(=O)c1ccc(Cl)cc1Cn1c(=O)[nH]c2c(Cl)c(CN3CCC[C@H](NC(=O)CCN)C3)c(C(F)(F)F)cc2c1=O. The molecule has 1 saturated heterocycles. The van der Waals surface area contributed by atoms with Gasteiger partial charge in [-0.1, -0.05) is 30.1 Å². The molecular weight excluding hydrogens is 634 g/mol. The number of halogens is 5. The van der Waals surface area contributed by atoms with Crippen molar-refractivity contribution in [1.29, 1.82) is 0 Å². The first-order valence-electron chi connectivity index (χ1n) is 13.4. The molecule has 0 bridgehead atoms. The minimum atomic E-state index is -4.90. The number of nitrogens with zero attached hydrogens (tertiary/aromatic N) is 2. The number of sulfone groups is 1. The number of nitrogens with one attached hydrogen (secondary N) is 2. The van der Waals surface area contributed by atoms with Gasteiger partial charge in [0.05, 0.1) is 38.7 Å². The van der Waals surface area contributed by atoms with Gasteiger partial charge < -0.3 is 16.0 Å². The Morgan fingerprint density at radius 3 is 2.56 bits per heavy atom. The molecule has 234 valence electrons. The number of rotatable bonds is 9. The van der Waals surface area contributed by atoms with Gasteiger partial charge in [0.1, 0.15) is 0 Å². The van der Waals surface area contributed by atoms with Gasteiger partial charge in [-0.3, -0.25) is 19.1 Å². The van der Waals surface area contributed by atoms with Gasteiger partial charge in [-0.2, -0.15) is 13.2 Å². The second-order valence-electron chi connectivity index (χ2n) is 10.3. The first-order valence-corrected chi connectivity index (χ1v) is 15.9. The van der Waals surface area contributed by atoms with Crippen LogP contribution in [-0.2, 0) is 33.9 Å². The number of aromatic nitrogens is 2.